The molecule has 0 aromatic rings. The number of nitrogens with zero attached hydrogens (tertiary/aromatic N) is 3. The van der Waals surface area contributed by atoms with Crippen LogP contribution in [0.1, 0.15) is 19.8 Å². The minimum absolute atomic E-state index is 0.127. The highest BCUT2D eigenvalue weighted by Gasteiger charge is 2.19. The van der Waals surface area contributed by atoms with E-state index in [4.69, 9.17) is 5.73 Å². The Morgan fingerprint density at radius 1 is 1.50 bits per heavy atom. The van der Waals surface area contributed by atoms with Crippen molar-refractivity contribution in [2.75, 3.05) is 13.1 Å². The highest BCUT2D eigenvalue weighted by atomic mass is 16.2. The Morgan fingerprint density at radius 2 is 2.07 bits per heavy atom. The van der Waals surface area contributed by atoms with E-state index in [2.05, 4.69) is 16.7 Å². The third-order valence-corrected chi connectivity index (χ3v) is 2.39. The van der Waals surface area contributed by atoms with E-state index in [1.807, 2.05) is 4.90 Å². The van der Waals surface area contributed by atoms with E-state index in [0.29, 0.717) is 0 Å². The number of piperidine rings is 1. The van der Waals surface area contributed by atoms with E-state index in [1.54, 1.807) is 6.92 Å². The summed E-state index contributed by atoms with van der Waals surface area (Å²) >= 11 is 0. The smallest absolute Gasteiger partial charge is 0.219 e. The van der Waals surface area contributed by atoms with Crippen molar-refractivity contribution >= 4 is 18.6 Å². The van der Waals surface area contributed by atoms with Crippen molar-refractivity contribution in [2.45, 2.75) is 25.8 Å². The van der Waals surface area contributed by atoms with Gasteiger partial charge in [0.2, 0.25) is 11.9 Å². The number of amides is 1. The minimum Gasteiger partial charge on any atom is -0.368 e. The van der Waals surface area contributed by atoms with E-state index in [-0.39, 0.29) is 17.9 Å². The molecular weight excluding hydrogens is 180 g/mol. The topological polar surface area (TPSA) is 71.0 Å². The SMILES string of the molecule is C=NC(N)=NC1CCN(C(C)=O)CC1. The molecule has 1 heterocycles. The van der Waals surface area contributed by atoms with Crippen molar-refractivity contribution in [1.29, 1.82) is 0 Å². The summed E-state index contributed by atoms with van der Waals surface area (Å²) in [5.74, 6) is 0.369. The molecular formula is C9H16N4O. The number of nitrogens with two attached hydrogens (primary N) is 1. The average Bonchev–Trinajstić information content (AvgIpc) is 2.18. The first-order valence-corrected chi connectivity index (χ1v) is 4.69. The molecule has 78 valence electrons. The van der Waals surface area contributed by atoms with Gasteiger partial charge in [0, 0.05) is 20.0 Å². The van der Waals surface area contributed by atoms with Crippen molar-refractivity contribution < 1.29 is 4.79 Å². The Hall–Kier alpha value is -1.39. The van der Waals surface area contributed by atoms with E-state index in [9.17, 15) is 4.79 Å². The predicted molar refractivity (Wildman–Crippen MR) is 56.4 cm³/mol. The lowest BCUT2D eigenvalue weighted by atomic mass is 10.1. The van der Waals surface area contributed by atoms with Gasteiger partial charge in [-0.1, -0.05) is 0 Å². The molecule has 2 N–H and O–H groups in total. The van der Waals surface area contributed by atoms with Crippen LogP contribution in [0.2, 0.25) is 0 Å². The first-order valence-electron chi connectivity index (χ1n) is 4.69. The fraction of sp³-hybridized carbons (Fsp3) is 0.667. The number of carbonyl (C=O) groups is 1. The molecule has 0 radical (unpaired) electrons. The standard InChI is InChI=1S/C9H16N4O/c1-7(14)13-5-3-8(4-6-13)12-9(10)11-2/h8H,2-6H2,1H3,(H2,10,12). The summed E-state index contributed by atoms with van der Waals surface area (Å²) in [4.78, 5) is 20.6. The highest BCUT2D eigenvalue weighted by Crippen LogP contribution is 2.13. The molecule has 0 spiro atoms. The summed E-state index contributed by atoms with van der Waals surface area (Å²) in [6.45, 7) is 6.40. The van der Waals surface area contributed by atoms with Crippen LogP contribution in [0.3, 0.4) is 0 Å². The van der Waals surface area contributed by atoms with Crippen molar-refractivity contribution in [1.82, 2.24) is 4.90 Å². The second-order valence-electron chi connectivity index (χ2n) is 3.38. The van der Waals surface area contributed by atoms with Crippen LogP contribution in [-0.2, 0) is 4.79 Å². The predicted octanol–water partition coefficient (Wildman–Crippen LogP) is 0.0126. The Balaban J connectivity index is 2.43. The Kier molecular flexibility index (Phi) is 3.62. The second kappa shape index (κ2) is 4.74. The van der Waals surface area contributed by atoms with Gasteiger partial charge in [-0.3, -0.25) is 4.79 Å². The van der Waals surface area contributed by atoms with Gasteiger partial charge in [-0.2, -0.15) is 0 Å². The molecule has 5 heteroatoms. The quantitative estimate of drug-likeness (QED) is 0.474. The third kappa shape index (κ3) is 2.83. The first-order chi connectivity index (χ1) is 6.63. The van der Waals surface area contributed by atoms with Gasteiger partial charge in [0.25, 0.3) is 0 Å². The molecule has 0 aliphatic carbocycles. The van der Waals surface area contributed by atoms with Crippen LogP contribution >= 0.6 is 0 Å². The van der Waals surface area contributed by atoms with Gasteiger partial charge in [0.1, 0.15) is 0 Å². The number of guanidine groups is 1. The summed E-state index contributed by atoms with van der Waals surface area (Å²) in [7, 11) is 0. The van der Waals surface area contributed by atoms with Crippen LogP contribution in [-0.4, -0.2) is 42.6 Å². The van der Waals surface area contributed by atoms with Gasteiger partial charge in [0.05, 0.1) is 6.04 Å². The monoisotopic (exact) mass is 196 g/mol. The molecule has 5 nitrogen and oxygen atoms in total. The average molecular weight is 196 g/mol. The fourth-order valence-electron chi connectivity index (χ4n) is 1.54. The molecule has 0 aromatic heterocycles. The van der Waals surface area contributed by atoms with Crippen LogP contribution in [0.15, 0.2) is 9.98 Å². The van der Waals surface area contributed by atoms with Gasteiger partial charge in [-0.05, 0) is 19.6 Å². The number of likely N-dealkylation sites (tertiary alicyclic amines) is 1. The van der Waals surface area contributed by atoms with Crippen LogP contribution in [0.5, 0.6) is 0 Å². The highest BCUT2D eigenvalue weighted by molar-refractivity contribution is 5.82. The normalized spacial score (nSPS) is 19.5. The molecule has 0 unspecified atom stereocenters. The van der Waals surface area contributed by atoms with E-state index in [1.165, 1.54) is 0 Å². The van der Waals surface area contributed by atoms with E-state index >= 15 is 0 Å². The maximum Gasteiger partial charge on any atom is 0.219 e. The molecule has 1 aliphatic rings. The lowest BCUT2D eigenvalue weighted by Gasteiger charge is -2.29. The zero-order chi connectivity index (χ0) is 10.6. The summed E-state index contributed by atoms with van der Waals surface area (Å²) in [6, 6.07) is 0.191. The first kappa shape index (κ1) is 10.7. The number of hydrogen-bond donors (Lipinski definition) is 1. The summed E-state index contributed by atoms with van der Waals surface area (Å²) in [5, 5.41) is 0. The second-order valence-corrected chi connectivity index (χ2v) is 3.38. The lowest BCUT2D eigenvalue weighted by molar-refractivity contribution is -0.129. The fourth-order valence-corrected chi connectivity index (χ4v) is 1.54. The number of rotatable bonds is 1. The van der Waals surface area contributed by atoms with Crippen molar-refractivity contribution in [3.63, 3.8) is 0 Å². The van der Waals surface area contributed by atoms with Crippen LogP contribution in [0, 0.1) is 0 Å². The molecule has 14 heavy (non-hydrogen) atoms. The van der Waals surface area contributed by atoms with Gasteiger partial charge in [-0.25, -0.2) is 9.98 Å². The maximum atomic E-state index is 11.0. The number of aliphatic imine (C=N–C) groups is 2. The lowest BCUT2D eigenvalue weighted by Crippen LogP contribution is -2.38. The Morgan fingerprint density at radius 3 is 2.50 bits per heavy atom. The van der Waals surface area contributed by atoms with Crippen molar-refractivity contribution in [3.05, 3.63) is 0 Å². The van der Waals surface area contributed by atoms with Crippen molar-refractivity contribution in [3.8, 4) is 0 Å². The zero-order valence-electron chi connectivity index (χ0n) is 8.44. The molecule has 1 aliphatic heterocycles. The van der Waals surface area contributed by atoms with Gasteiger partial charge in [0.15, 0.2) is 0 Å². The summed E-state index contributed by atoms with van der Waals surface area (Å²) in [6.07, 6.45) is 1.71. The summed E-state index contributed by atoms with van der Waals surface area (Å²) in [5.41, 5.74) is 5.44. The molecule has 0 atom stereocenters. The zero-order valence-corrected chi connectivity index (χ0v) is 8.44. The van der Waals surface area contributed by atoms with E-state index < -0.39 is 0 Å². The summed E-state index contributed by atoms with van der Waals surface area (Å²) < 4.78 is 0. The molecule has 0 aromatic carbocycles. The van der Waals surface area contributed by atoms with Crippen LogP contribution in [0.4, 0.5) is 0 Å². The van der Waals surface area contributed by atoms with Crippen LogP contribution < -0.4 is 5.73 Å². The molecule has 1 rings (SSSR count). The van der Waals surface area contributed by atoms with Crippen molar-refractivity contribution in [2.24, 2.45) is 15.7 Å². The molecule has 1 amide bonds. The molecule has 0 saturated carbocycles. The van der Waals surface area contributed by atoms with Gasteiger partial charge >= 0.3 is 0 Å². The van der Waals surface area contributed by atoms with Gasteiger partial charge < -0.3 is 10.6 Å². The Labute approximate surface area is 83.7 Å². The van der Waals surface area contributed by atoms with Crippen LogP contribution in [0.25, 0.3) is 0 Å². The van der Waals surface area contributed by atoms with Gasteiger partial charge in [-0.15, -0.1) is 0 Å². The third-order valence-electron chi connectivity index (χ3n) is 2.39. The number of hydrogen-bond acceptors (Lipinski definition) is 2. The minimum atomic E-state index is 0.127. The molecule has 1 saturated heterocycles. The molecule has 1 fully saturated rings. The Bertz CT molecular complexity index is 254. The maximum absolute atomic E-state index is 11.0. The largest absolute Gasteiger partial charge is 0.368 e. The molecule has 0 bridgehead atoms. The number of carbonyl (C=O) groups excluding carboxylic acids is 1. The van der Waals surface area contributed by atoms with E-state index in [0.717, 1.165) is 25.9 Å².